The third kappa shape index (κ3) is 2.83. The van der Waals surface area contributed by atoms with Crippen LogP contribution >= 0.6 is 0 Å². The molecule has 2 saturated heterocycles. The Kier molecular flexibility index (Phi) is 4.45. The summed E-state index contributed by atoms with van der Waals surface area (Å²) >= 11 is 0. The molecule has 2 atom stereocenters. The first-order valence-corrected chi connectivity index (χ1v) is 7.39. The summed E-state index contributed by atoms with van der Waals surface area (Å²) in [5.74, 6) is 0. The van der Waals surface area contributed by atoms with Gasteiger partial charge in [-0.3, -0.25) is 9.80 Å². The summed E-state index contributed by atoms with van der Waals surface area (Å²) in [4.78, 5) is 5.38. The van der Waals surface area contributed by atoms with Gasteiger partial charge >= 0.3 is 0 Å². The molecular formula is C14H29N3. The summed E-state index contributed by atoms with van der Waals surface area (Å²) in [6.45, 7) is 10.5. The van der Waals surface area contributed by atoms with Gasteiger partial charge in [0.1, 0.15) is 0 Å². The third-order valence-electron chi connectivity index (χ3n) is 4.80. The highest BCUT2D eigenvalue weighted by Crippen LogP contribution is 2.27. The average molecular weight is 239 g/mol. The van der Waals surface area contributed by atoms with Crippen molar-refractivity contribution >= 4 is 0 Å². The van der Waals surface area contributed by atoms with Crippen molar-refractivity contribution in [1.82, 2.24) is 9.80 Å². The van der Waals surface area contributed by atoms with E-state index in [1.165, 1.54) is 58.3 Å². The van der Waals surface area contributed by atoms with Crippen molar-refractivity contribution in [3.8, 4) is 0 Å². The molecule has 0 aromatic rings. The molecule has 2 heterocycles. The first-order chi connectivity index (χ1) is 8.19. The topological polar surface area (TPSA) is 32.5 Å². The number of nitrogens with zero attached hydrogens (tertiary/aromatic N) is 2. The SMILES string of the molecule is CCCC(C)(CN)N1CCCN2CCCC2C1. The van der Waals surface area contributed by atoms with Crippen LogP contribution in [0.4, 0.5) is 0 Å². The lowest BCUT2D eigenvalue weighted by atomic mass is 9.93. The largest absolute Gasteiger partial charge is 0.329 e. The molecule has 0 amide bonds. The second-order valence-electron chi connectivity index (χ2n) is 6.08. The van der Waals surface area contributed by atoms with E-state index in [9.17, 15) is 0 Å². The van der Waals surface area contributed by atoms with Crippen LogP contribution < -0.4 is 5.73 Å². The molecule has 2 aliphatic heterocycles. The number of rotatable bonds is 4. The van der Waals surface area contributed by atoms with Crippen LogP contribution in [-0.4, -0.2) is 54.1 Å². The summed E-state index contributed by atoms with van der Waals surface area (Å²) in [5.41, 5.74) is 6.29. The standard InChI is InChI=1S/C14H29N3/c1-3-7-14(2,12-15)17-10-5-9-16-8-4-6-13(16)11-17/h13H,3-12,15H2,1-2H3. The minimum Gasteiger partial charge on any atom is -0.329 e. The lowest BCUT2D eigenvalue weighted by Gasteiger charge is -2.41. The van der Waals surface area contributed by atoms with Gasteiger partial charge < -0.3 is 5.73 Å². The molecule has 0 spiro atoms. The van der Waals surface area contributed by atoms with E-state index in [0.717, 1.165) is 12.6 Å². The Morgan fingerprint density at radius 1 is 1.24 bits per heavy atom. The summed E-state index contributed by atoms with van der Waals surface area (Å²) in [7, 11) is 0. The van der Waals surface area contributed by atoms with E-state index < -0.39 is 0 Å². The summed E-state index contributed by atoms with van der Waals surface area (Å²) < 4.78 is 0. The van der Waals surface area contributed by atoms with Crippen LogP contribution in [0.25, 0.3) is 0 Å². The fourth-order valence-corrected chi connectivity index (χ4v) is 3.62. The van der Waals surface area contributed by atoms with Crippen LogP contribution in [0.5, 0.6) is 0 Å². The Hall–Kier alpha value is -0.120. The predicted octanol–water partition coefficient (Wildman–Crippen LogP) is 1.67. The van der Waals surface area contributed by atoms with Gasteiger partial charge in [0.15, 0.2) is 0 Å². The molecule has 2 unspecified atom stereocenters. The van der Waals surface area contributed by atoms with Crippen LogP contribution in [0.2, 0.25) is 0 Å². The molecule has 0 aliphatic carbocycles. The minimum absolute atomic E-state index is 0.230. The molecule has 0 aromatic heterocycles. The van der Waals surface area contributed by atoms with Crippen LogP contribution in [0.15, 0.2) is 0 Å². The van der Waals surface area contributed by atoms with Crippen LogP contribution in [-0.2, 0) is 0 Å². The van der Waals surface area contributed by atoms with Gasteiger partial charge in [-0.2, -0.15) is 0 Å². The Labute approximate surface area is 106 Å². The van der Waals surface area contributed by atoms with E-state index in [-0.39, 0.29) is 5.54 Å². The van der Waals surface area contributed by atoms with Gasteiger partial charge in [0.05, 0.1) is 0 Å². The van der Waals surface area contributed by atoms with E-state index in [1.807, 2.05) is 0 Å². The van der Waals surface area contributed by atoms with Crippen molar-refractivity contribution in [3.05, 3.63) is 0 Å². The molecule has 17 heavy (non-hydrogen) atoms. The Morgan fingerprint density at radius 2 is 2.00 bits per heavy atom. The monoisotopic (exact) mass is 239 g/mol. The third-order valence-corrected chi connectivity index (χ3v) is 4.80. The zero-order valence-electron chi connectivity index (χ0n) is 11.6. The van der Waals surface area contributed by atoms with Crippen molar-refractivity contribution < 1.29 is 0 Å². The average Bonchev–Trinajstić information content (AvgIpc) is 2.66. The summed E-state index contributed by atoms with van der Waals surface area (Å²) in [6, 6.07) is 0.806. The van der Waals surface area contributed by atoms with Gasteiger partial charge in [-0.1, -0.05) is 13.3 Å². The highest BCUT2D eigenvalue weighted by molar-refractivity contribution is 4.93. The Bertz CT molecular complexity index is 244. The minimum atomic E-state index is 0.230. The number of fused-ring (bicyclic) bond motifs is 1. The van der Waals surface area contributed by atoms with Crippen molar-refractivity contribution in [2.24, 2.45) is 5.73 Å². The van der Waals surface area contributed by atoms with Crippen molar-refractivity contribution in [2.75, 3.05) is 32.7 Å². The fourth-order valence-electron chi connectivity index (χ4n) is 3.62. The van der Waals surface area contributed by atoms with Crippen molar-refractivity contribution in [1.29, 1.82) is 0 Å². The van der Waals surface area contributed by atoms with Gasteiger partial charge in [-0.25, -0.2) is 0 Å². The van der Waals surface area contributed by atoms with E-state index >= 15 is 0 Å². The maximum Gasteiger partial charge on any atom is 0.0304 e. The summed E-state index contributed by atoms with van der Waals surface area (Å²) in [5, 5.41) is 0. The molecule has 0 bridgehead atoms. The van der Waals surface area contributed by atoms with Crippen LogP contribution in [0, 0.1) is 0 Å². The molecule has 2 fully saturated rings. The second kappa shape index (κ2) is 5.68. The molecule has 0 saturated carbocycles. The lowest BCUT2D eigenvalue weighted by Crippen LogP contribution is -2.54. The predicted molar refractivity (Wildman–Crippen MR) is 73.2 cm³/mol. The maximum absolute atomic E-state index is 6.06. The number of hydrogen-bond acceptors (Lipinski definition) is 3. The van der Waals surface area contributed by atoms with Crippen LogP contribution in [0.3, 0.4) is 0 Å². The first kappa shape index (κ1) is 13.3. The fraction of sp³-hybridized carbons (Fsp3) is 1.00. The van der Waals surface area contributed by atoms with E-state index in [1.54, 1.807) is 0 Å². The second-order valence-corrected chi connectivity index (χ2v) is 6.08. The van der Waals surface area contributed by atoms with Gasteiger partial charge in [0, 0.05) is 31.2 Å². The van der Waals surface area contributed by atoms with E-state index in [4.69, 9.17) is 5.73 Å². The molecule has 2 rings (SSSR count). The Balaban J connectivity index is 2.03. The lowest BCUT2D eigenvalue weighted by molar-refractivity contribution is 0.0908. The van der Waals surface area contributed by atoms with Crippen LogP contribution in [0.1, 0.15) is 46.0 Å². The smallest absolute Gasteiger partial charge is 0.0304 e. The van der Waals surface area contributed by atoms with Crippen molar-refractivity contribution in [2.45, 2.75) is 57.5 Å². The van der Waals surface area contributed by atoms with Gasteiger partial charge in [0.25, 0.3) is 0 Å². The van der Waals surface area contributed by atoms with Gasteiger partial charge in [-0.05, 0) is 45.7 Å². The molecule has 2 aliphatic rings. The molecule has 3 heteroatoms. The molecule has 3 nitrogen and oxygen atoms in total. The zero-order chi connectivity index (χ0) is 12.3. The molecule has 2 N–H and O–H groups in total. The number of nitrogens with two attached hydrogens (primary N) is 1. The molecule has 0 aromatic carbocycles. The normalized spacial score (nSPS) is 30.9. The number of hydrogen-bond donors (Lipinski definition) is 1. The molecular weight excluding hydrogens is 210 g/mol. The van der Waals surface area contributed by atoms with Crippen molar-refractivity contribution in [3.63, 3.8) is 0 Å². The molecule has 100 valence electrons. The first-order valence-electron chi connectivity index (χ1n) is 7.39. The molecule has 0 radical (unpaired) electrons. The zero-order valence-corrected chi connectivity index (χ0v) is 11.6. The van der Waals surface area contributed by atoms with Gasteiger partial charge in [-0.15, -0.1) is 0 Å². The van der Waals surface area contributed by atoms with E-state index in [0.29, 0.717) is 0 Å². The van der Waals surface area contributed by atoms with E-state index in [2.05, 4.69) is 23.6 Å². The summed E-state index contributed by atoms with van der Waals surface area (Å²) in [6.07, 6.45) is 6.57. The maximum atomic E-state index is 6.06. The highest BCUT2D eigenvalue weighted by atomic mass is 15.3. The quantitative estimate of drug-likeness (QED) is 0.810. The van der Waals surface area contributed by atoms with Gasteiger partial charge in [0.2, 0.25) is 0 Å². The highest BCUT2D eigenvalue weighted by Gasteiger charge is 2.36. The Morgan fingerprint density at radius 3 is 2.71 bits per heavy atom.